The highest BCUT2D eigenvalue weighted by Gasteiger charge is 2.26. The maximum Gasteiger partial charge on any atom is 0.246 e. The van der Waals surface area contributed by atoms with Crippen molar-refractivity contribution >= 4 is 17.4 Å². The molecular weight excluding hydrogens is 244 g/mol. The number of carbonyl (C=O) groups is 1. The Labute approximate surface area is 110 Å². The Morgan fingerprint density at radius 1 is 1.21 bits per heavy atom. The monoisotopic (exact) mass is 258 g/mol. The molecule has 3 rings (SSSR count). The van der Waals surface area contributed by atoms with Gasteiger partial charge >= 0.3 is 0 Å². The lowest BCUT2D eigenvalue weighted by Gasteiger charge is -2.33. The minimum Gasteiger partial charge on any atom is -0.344 e. The van der Waals surface area contributed by atoms with Gasteiger partial charge in [0, 0.05) is 38.7 Å². The Morgan fingerprint density at radius 3 is 2.74 bits per heavy atom. The molecule has 0 saturated carbocycles. The van der Waals surface area contributed by atoms with E-state index in [9.17, 15) is 4.79 Å². The third-order valence-corrected chi connectivity index (χ3v) is 3.10. The average Bonchev–Trinajstić information content (AvgIpc) is 2.86. The van der Waals surface area contributed by atoms with Crippen molar-refractivity contribution in [2.24, 2.45) is 7.05 Å². The third-order valence-electron chi connectivity index (χ3n) is 3.10. The van der Waals surface area contributed by atoms with Crippen LogP contribution in [0.25, 0.3) is 0 Å². The summed E-state index contributed by atoms with van der Waals surface area (Å²) in [6.07, 6.45) is 8.48. The van der Waals surface area contributed by atoms with Crippen LogP contribution in [-0.2, 0) is 11.8 Å². The van der Waals surface area contributed by atoms with Gasteiger partial charge in [-0.3, -0.25) is 14.5 Å². The number of piperazine rings is 1. The van der Waals surface area contributed by atoms with Gasteiger partial charge in [0.1, 0.15) is 5.82 Å². The van der Waals surface area contributed by atoms with E-state index in [0.29, 0.717) is 13.1 Å². The summed E-state index contributed by atoms with van der Waals surface area (Å²) in [6, 6.07) is 0. The van der Waals surface area contributed by atoms with Gasteiger partial charge in [0.2, 0.25) is 5.91 Å². The van der Waals surface area contributed by atoms with Crippen LogP contribution in [0.4, 0.5) is 11.5 Å². The van der Waals surface area contributed by atoms with Crippen molar-refractivity contribution in [2.45, 2.75) is 0 Å². The Kier molecular flexibility index (Phi) is 2.86. The SMILES string of the molecule is Cn1cc(N2CCN(c3cnccn3)CC2=O)cn1. The summed E-state index contributed by atoms with van der Waals surface area (Å²) in [5.74, 6) is 0.784. The minimum atomic E-state index is 0.0462. The highest BCUT2D eigenvalue weighted by Crippen LogP contribution is 2.18. The lowest BCUT2D eigenvalue weighted by Crippen LogP contribution is -2.50. The second kappa shape index (κ2) is 4.68. The zero-order chi connectivity index (χ0) is 13.2. The van der Waals surface area contributed by atoms with Crippen molar-refractivity contribution in [2.75, 3.05) is 29.4 Å². The van der Waals surface area contributed by atoms with Crippen molar-refractivity contribution in [3.05, 3.63) is 31.0 Å². The molecule has 0 atom stereocenters. The molecule has 2 aromatic rings. The molecule has 19 heavy (non-hydrogen) atoms. The van der Waals surface area contributed by atoms with E-state index in [1.807, 2.05) is 18.1 Å². The van der Waals surface area contributed by atoms with Crippen molar-refractivity contribution in [1.82, 2.24) is 19.7 Å². The smallest absolute Gasteiger partial charge is 0.246 e. The van der Waals surface area contributed by atoms with Crippen LogP contribution in [0.2, 0.25) is 0 Å². The van der Waals surface area contributed by atoms with Crippen molar-refractivity contribution < 1.29 is 4.79 Å². The molecule has 0 bridgehead atoms. The van der Waals surface area contributed by atoms with Gasteiger partial charge in [-0.05, 0) is 0 Å². The first kappa shape index (κ1) is 11.6. The molecule has 7 nitrogen and oxygen atoms in total. The topological polar surface area (TPSA) is 67.2 Å². The summed E-state index contributed by atoms with van der Waals surface area (Å²) >= 11 is 0. The van der Waals surface area contributed by atoms with E-state index >= 15 is 0 Å². The standard InChI is InChI=1S/C12H14N6O/c1-16-8-10(6-15-16)18-5-4-17(9-12(18)19)11-7-13-2-3-14-11/h2-3,6-8H,4-5,9H2,1H3. The molecule has 1 aliphatic rings. The van der Waals surface area contributed by atoms with Gasteiger partial charge in [-0.1, -0.05) is 0 Å². The molecular formula is C12H14N6O. The number of nitrogens with zero attached hydrogens (tertiary/aromatic N) is 6. The van der Waals surface area contributed by atoms with Gasteiger partial charge in [-0.25, -0.2) is 4.98 Å². The molecule has 3 heterocycles. The lowest BCUT2D eigenvalue weighted by atomic mass is 10.3. The first-order chi connectivity index (χ1) is 9.24. The van der Waals surface area contributed by atoms with Gasteiger partial charge in [-0.15, -0.1) is 0 Å². The molecule has 0 aliphatic carbocycles. The van der Waals surface area contributed by atoms with Crippen LogP contribution in [0.3, 0.4) is 0 Å². The summed E-state index contributed by atoms with van der Waals surface area (Å²) < 4.78 is 1.69. The fraction of sp³-hybridized carbons (Fsp3) is 0.333. The number of rotatable bonds is 2. The summed E-state index contributed by atoms with van der Waals surface area (Å²) in [5, 5.41) is 4.09. The Morgan fingerprint density at radius 2 is 2.11 bits per heavy atom. The first-order valence-electron chi connectivity index (χ1n) is 6.04. The minimum absolute atomic E-state index is 0.0462. The number of aryl methyl sites for hydroxylation is 1. The number of hydrogen-bond acceptors (Lipinski definition) is 5. The van der Waals surface area contributed by atoms with E-state index in [-0.39, 0.29) is 5.91 Å². The van der Waals surface area contributed by atoms with Gasteiger partial charge in [-0.2, -0.15) is 5.10 Å². The van der Waals surface area contributed by atoms with Crippen LogP contribution < -0.4 is 9.80 Å². The van der Waals surface area contributed by atoms with Crippen LogP contribution >= 0.6 is 0 Å². The first-order valence-corrected chi connectivity index (χ1v) is 6.04. The lowest BCUT2D eigenvalue weighted by molar-refractivity contribution is -0.117. The van der Waals surface area contributed by atoms with Crippen molar-refractivity contribution in [1.29, 1.82) is 0 Å². The fourth-order valence-corrected chi connectivity index (χ4v) is 2.14. The van der Waals surface area contributed by atoms with Gasteiger partial charge < -0.3 is 9.80 Å². The second-order valence-corrected chi connectivity index (χ2v) is 4.40. The quantitative estimate of drug-likeness (QED) is 0.762. The van der Waals surface area contributed by atoms with Crippen LogP contribution in [0.15, 0.2) is 31.0 Å². The number of anilines is 2. The molecule has 0 N–H and O–H groups in total. The molecule has 0 radical (unpaired) electrons. The highest BCUT2D eigenvalue weighted by atomic mass is 16.2. The molecule has 98 valence electrons. The maximum atomic E-state index is 12.2. The van der Waals surface area contributed by atoms with Crippen LogP contribution in [0.1, 0.15) is 0 Å². The van der Waals surface area contributed by atoms with E-state index in [1.165, 1.54) is 0 Å². The molecule has 2 aromatic heterocycles. The van der Waals surface area contributed by atoms with Crippen LogP contribution in [0.5, 0.6) is 0 Å². The summed E-state index contributed by atoms with van der Waals surface area (Å²) in [5.41, 5.74) is 0.839. The molecule has 7 heteroatoms. The molecule has 0 aromatic carbocycles. The number of aromatic nitrogens is 4. The average molecular weight is 258 g/mol. The largest absolute Gasteiger partial charge is 0.344 e. The molecule has 0 unspecified atom stereocenters. The fourth-order valence-electron chi connectivity index (χ4n) is 2.14. The van der Waals surface area contributed by atoms with Gasteiger partial charge in [0.25, 0.3) is 0 Å². The molecule has 1 amide bonds. The van der Waals surface area contributed by atoms with E-state index < -0.39 is 0 Å². The summed E-state index contributed by atoms with van der Waals surface area (Å²) in [7, 11) is 1.84. The van der Waals surface area contributed by atoms with Crippen molar-refractivity contribution in [3.8, 4) is 0 Å². The zero-order valence-electron chi connectivity index (χ0n) is 10.6. The maximum absolute atomic E-state index is 12.2. The Hall–Kier alpha value is -2.44. The van der Waals surface area contributed by atoms with Gasteiger partial charge in [0.05, 0.1) is 24.6 Å². The van der Waals surface area contributed by atoms with Crippen molar-refractivity contribution in [3.63, 3.8) is 0 Å². The Bertz CT molecular complexity index is 581. The molecule has 0 spiro atoms. The van der Waals surface area contributed by atoms with Crippen LogP contribution in [0, 0.1) is 0 Å². The molecule has 1 aliphatic heterocycles. The van der Waals surface area contributed by atoms with E-state index in [0.717, 1.165) is 18.1 Å². The summed E-state index contributed by atoms with van der Waals surface area (Å²) in [4.78, 5) is 24.1. The number of carbonyl (C=O) groups excluding carboxylic acids is 1. The Balaban J connectivity index is 1.74. The predicted molar refractivity (Wildman–Crippen MR) is 69.8 cm³/mol. The van der Waals surface area contributed by atoms with E-state index in [2.05, 4.69) is 15.1 Å². The second-order valence-electron chi connectivity index (χ2n) is 4.40. The van der Waals surface area contributed by atoms with Crippen LogP contribution in [-0.4, -0.2) is 45.3 Å². The van der Waals surface area contributed by atoms with E-state index in [4.69, 9.17) is 0 Å². The number of hydrogen-bond donors (Lipinski definition) is 0. The van der Waals surface area contributed by atoms with E-state index in [1.54, 1.807) is 34.4 Å². The predicted octanol–water partition coefficient (Wildman–Crippen LogP) is 0.0633. The molecule has 1 saturated heterocycles. The number of amides is 1. The summed E-state index contributed by atoms with van der Waals surface area (Å²) in [6.45, 7) is 1.67. The zero-order valence-corrected chi connectivity index (χ0v) is 10.6. The highest BCUT2D eigenvalue weighted by molar-refractivity contribution is 5.97. The normalized spacial score (nSPS) is 15.9. The third kappa shape index (κ3) is 2.26. The van der Waals surface area contributed by atoms with Gasteiger partial charge in [0.15, 0.2) is 0 Å². The molecule has 1 fully saturated rings.